The van der Waals surface area contributed by atoms with Crippen LogP contribution in [0.5, 0.6) is 0 Å². The smallest absolute Gasteiger partial charge is 0.236 e. The first-order valence-corrected chi connectivity index (χ1v) is 10.1. The second-order valence-electron chi connectivity index (χ2n) is 5.72. The zero-order valence-corrected chi connectivity index (χ0v) is 15.5. The Morgan fingerprint density at radius 3 is 2.62 bits per heavy atom. The molecule has 5 heteroatoms. The zero-order valence-electron chi connectivity index (χ0n) is 13.9. The Bertz CT molecular complexity index is 1040. The summed E-state index contributed by atoms with van der Waals surface area (Å²) in [5, 5.41) is 7.85. The fourth-order valence-electron chi connectivity index (χ4n) is 2.69. The van der Waals surface area contributed by atoms with Crippen molar-refractivity contribution < 1.29 is 4.79 Å². The SMILES string of the molecule is O=C(CSc1cccc2ccccc12)Nc1nc(-c2ccccc2)cs1. The number of fused-ring (bicyclic) bond motifs is 1. The van der Waals surface area contributed by atoms with Crippen LogP contribution in [0.25, 0.3) is 22.0 Å². The Kier molecular flexibility index (Phi) is 5.00. The summed E-state index contributed by atoms with van der Waals surface area (Å²) in [7, 11) is 0. The van der Waals surface area contributed by atoms with E-state index < -0.39 is 0 Å². The largest absolute Gasteiger partial charge is 0.301 e. The molecule has 0 aliphatic carbocycles. The highest BCUT2D eigenvalue weighted by molar-refractivity contribution is 8.00. The molecule has 0 aliphatic heterocycles. The molecule has 26 heavy (non-hydrogen) atoms. The van der Waals surface area contributed by atoms with E-state index in [1.54, 1.807) is 11.8 Å². The second-order valence-corrected chi connectivity index (χ2v) is 7.59. The van der Waals surface area contributed by atoms with Crippen molar-refractivity contribution in [2.24, 2.45) is 0 Å². The van der Waals surface area contributed by atoms with Gasteiger partial charge in [-0.3, -0.25) is 4.79 Å². The Morgan fingerprint density at radius 2 is 1.73 bits per heavy atom. The minimum Gasteiger partial charge on any atom is -0.301 e. The number of thiazole rings is 1. The monoisotopic (exact) mass is 376 g/mol. The Hall–Kier alpha value is -2.63. The van der Waals surface area contributed by atoms with Crippen molar-refractivity contribution in [2.75, 3.05) is 11.1 Å². The average molecular weight is 377 g/mol. The predicted octanol–water partition coefficient (Wildman–Crippen LogP) is 5.69. The maximum atomic E-state index is 12.3. The first kappa shape index (κ1) is 16.8. The number of carbonyl (C=O) groups is 1. The molecule has 0 spiro atoms. The molecule has 1 aromatic heterocycles. The second kappa shape index (κ2) is 7.72. The molecule has 0 aliphatic rings. The molecule has 1 N–H and O–H groups in total. The molecule has 0 unspecified atom stereocenters. The van der Waals surface area contributed by atoms with E-state index in [0.29, 0.717) is 10.9 Å². The van der Waals surface area contributed by atoms with E-state index in [9.17, 15) is 4.79 Å². The summed E-state index contributed by atoms with van der Waals surface area (Å²) in [6, 6.07) is 24.3. The van der Waals surface area contributed by atoms with Gasteiger partial charge in [0.05, 0.1) is 11.4 Å². The lowest BCUT2D eigenvalue weighted by Crippen LogP contribution is -2.13. The van der Waals surface area contributed by atoms with Crippen LogP contribution < -0.4 is 5.32 Å². The molecule has 0 fully saturated rings. The Labute approximate surface area is 160 Å². The molecule has 3 aromatic carbocycles. The van der Waals surface area contributed by atoms with Gasteiger partial charge in [0.2, 0.25) is 5.91 Å². The number of aromatic nitrogens is 1. The van der Waals surface area contributed by atoms with Gasteiger partial charge in [-0.25, -0.2) is 4.98 Å². The lowest BCUT2D eigenvalue weighted by molar-refractivity contribution is -0.113. The maximum absolute atomic E-state index is 12.3. The van der Waals surface area contributed by atoms with E-state index in [2.05, 4.69) is 34.6 Å². The molecule has 0 saturated carbocycles. The van der Waals surface area contributed by atoms with Gasteiger partial charge < -0.3 is 5.32 Å². The van der Waals surface area contributed by atoms with Crippen molar-refractivity contribution in [1.29, 1.82) is 0 Å². The number of hydrogen-bond acceptors (Lipinski definition) is 4. The van der Waals surface area contributed by atoms with Crippen molar-refractivity contribution in [3.05, 3.63) is 78.2 Å². The van der Waals surface area contributed by atoms with Gasteiger partial charge >= 0.3 is 0 Å². The highest BCUT2D eigenvalue weighted by atomic mass is 32.2. The number of rotatable bonds is 5. The molecule has 0 saturated heterocycles. The third-order valence-electron chi connectivity index (χ3n) is 3.93. The fraction of sp³-hybridized carbons (Fsp3) is 0.0476. The van der Waals surface area contributed by atoms with Crippen LogP contribution in [-0.2, 0) is 4.79 Å². The van der Waals surface area contributed by atoms with E-state index >= 15 is 0 Å². The summed E-state index contributed by atoms with van der Waals surface area (Å²) < 4.78 is 0. The van der Waals surface area contributed by atoms with E-state index in [1.165, 1.54) is 22.1 Å². The highest BCUT2D eigenvalue weighted by Gasteiger charge is 2.09. The van der Waals surface area contributed by atoms with Crippen LogP contribution in [0.1, 0.15) is 0 Å². The third-order valence-corrected chi connectivity index (χ3v) is 5.76. The van der Waals surface area contributed by atoms with Crippen molar-refractivity contribution >= 4 is 44.9 Å². The molecule has 0 radical (unpaired) electrons. The number of benzene rings is 3. The molecule has 1 heterocycles. The van der Waals surface area contributed by atoms with Crippen LogP contribution in [0.2, 0.25) is 0 Å². The van der Waals surface area contributed by atoms with Crippen LogP contribution >= 0.6 is 23.1 Å². The van der Waals surface area contributed by atoms with E-state index in [1.807, 2.05) is 53.9 Å². The number of nitrogens with zero attached hydrogens (tertiary/aromatic N) is 1. The van der Waals surface area contributed by atoms with Gasteiger partial charge in [-0.2, -0.15) is 0 Å². The van der Waals surface area contributed by atoms with E-state index in [0.717, 1.165) is 16.2 Å². The van der Waals surface area contributed by atoms with Gasteiger partial charge in [-0.1, -0.05) is 66.7 Å². The van der Waals surface area contributed by atoms with Gasteiger partial charge in [0.1, 0.15) is 0 Å². The average Bonchev–Trinajstić information content (AvgIpc) is 3.15. The topological polar surface area (TPSA) is 42.0 Å². The fourth-order valence-corrected chi connectivity index (χ4v) is 4.30. The standard InChI is InChI=1S/C21H16N2OS2/c24-20(14-25-19-12-6-10-15-7-4-5-11-17(15)19)23-21-22-18(13-26-21)16-8-2-1-3-9-16/h1-13H,14H2,(H,22,23,24). The lowest BCUT2D eigenvalue weighted by Gasteiger charge is -2.06. The Balaban J connectivity index is 1.41. The van der Waals surface area contributed by atoms with Crippen LogP contribution in [0.15, 0.2) is 83.1 Å². The minimum atomic E-state index is -0.0445. The number of amides is 1. The molecule has 0 bridgehead atoms. The molecular weight excluding hydrogens is 360 g/mol. The lowest BCUT2D eigenvalue weighted by atomic mass is 10.1. The molecule has 1 amide bonds. The van der Waals surface area contributed by atoms with Gasteiger partial charge in [-0.15, -0.1) is 23.1 Å². The first-order valence-electron chi connectivity index (χ1n) is 8.21. The summed E-state index contributed by atoms with van der Waals surface area (Å²) in [5.41, 5.74) is 1.93. The number of nitrogens with one attached hydrogen (secondary N) is 1. The number of carbonyl (C=O) groups excluding carboxylic acids is 1. The van der Waals surface area contributed by atoms with Gasteiger partial charge in [0.25, 0.3) is 0 Å². The van der Waals surface area contributed by atoms with Crippen LogP contribution in [-0.4, -0.2) is 16.6 Å². The van der Waals surface area contributed by atoms with Crippen molar-refractivity contribution in [2.45, 2.75) is 4.90 Å². The molecule has 0 atom stereocenters. The van der Waals surface area contributed by atoms with Crippen LogP contribution in [0.4, 0.5) is 5.13 Å². The Morgan fingerprint density at radius 1 is 0.962 bits per heavy atom. The minimum absolute atomic E-state index is 0.0445. The summed E-state index contributed by atoms with van der Waals surface area (Å²) in [6.07, 6.45) is 0. The van der Waals surface area contributed by atoms with Crippen molar-refractivity contribution in [3.8, 4) is 11.3 Å². The highest BCUT2D eigenvalue weighted by Crippen LogP contribution is 2.28. The summed E-state index contributed by atoms with van der Waals surface area (Å²) in [6.45, 7) is 0. The molecule has 4 aromatic rings. The predicted molar refractivity (Wildman–Crippen MR) is 111 cm³/mol. The normalized spacial score (nSPS) is 10.8. The summed E-state index contributed by atoms with van der Waals surface area (Å²) >= 11 is 2.99. The quantitative estimate of drug-likeness (QED) is 0.455. The molecule has 4 rings (SSSR count). The third kappa shape index (κ3) is 3.79. The van der Waals surface area contributed by atoms with Gasteiger partial charge in [0.15, 0.2) is 5.13 Å². The van der Waals surface area contributed by atoms with Crippen LogP contribution in [0.3, 0.4) is 0 Å². The molecule has 128 valence electrons. The summed E-state index contributed by atoms with van der Waals surface area (Å²) in [4.78, 5) is 17.9. The molecule has 3 nitrogen and oxygen atoms in total. The van der Waals surface area contributed by atoms with Crippen LogP contribution in [0, 0.1) is 0 Å². The van der Waals surface area contributed by atoms with Crippen molar-refractivity contribution in [3.63, 3.8) is 0 Å². The van der Waals surface area contributed by atoms with E-state index in [4.69, 9.17) is 0 Å². The van der Waals surface area contributed by atoms with Gasteiger partial charge in [-0.05, 0) is 16.8 Å². The number of thioether (sulfide) groups is 1. The van der Waals surface area contributed by atoms with E-state index in [-0.39, 0.29) is 5.91 Å². The summed E-state index contributed by atoms with van der Waals surface area (Å²) in [5.74, 6) is 0.311. The zero-order chi connectivity index (χ0) is 17.8. The number of anilines is 1. The first-order chi connectivity index (χ1) is 12.8. The number of hydrogen-bond donors (Lipinski definition) is 1. The van der Waals surface area contributed by atoms with Gasteiger partial charge in [0, 0.05) is 15.8 Å². The molecular formula is C21H16N2OS2. The maximum Gasteiger partial charge on any atom is 0.236 e. The van der Waals surface area contributed by atoms with Crippen molar-refractivity contribution in [1.82, 2.24) is 4.98 Å².